The van der Waals surface area contributed by atoms with Gasteiger partial charge in [0, 0.05) is 24.3 Å². The third-order valence-electron chi connectivity index (χ3n) is 3.05. The molecule has 3 aromatic rings. The average Bonchev–Trinajstić information content (AvgIpc) is 2.48. The van der Waals surface area contributed by atoms with Crippen molar-refractivity contribution in [1.29, 1.82) is 0 Å². The highest BCUT2D eigenvalue weighted by atomic mass is 15.1. The average molecular weight is 265 g/mol. The monoisotopic (exact) mass is 265 g/mol. The van der Waals surface area contributed by atoms with Crippen molar-refractivity contribution in [1.82, 2.24) is 15.0 Å². The molecule has 3 N–H and O–H groups in total. The Hall–Kier alpha value is -2.69. The van der Waals surface area contributed by atoms with Gasteiger partial charge in [0.2, 0.25) is 5.95 Å². The van der Waals surface area contributed by atoms with Crippen molar-refractivity contribution in [2.45, 2.75) is 6.42 Å². The first kappa shape index (κ1) is 12.3. The highest BCUT2D eigenvalue weighted by Crippen LogP contribution is 2.20. The smallest absolute Gasteiger partial charge is 0.222 e. The molecule has 0 saturated heterocycles. The number of hydrogen-bond donors (Lipinski definition) is 2. The van der Waals surface area contributed by atoms with Crippen molar-refractivity contribution in [3.8, 4) is 0 Å². The number of nitrogen functional groups attached to an aromatic ring is 1. The molecule has 0 saturated carbocycles. The zero-order valence-electron chi connectivity index (χ0n) is 11.0. The lowest BCUT2D eigenvalue weighted by atomic mass is 10.2. The Balaban J connectivity index is 1.77. The van der Waals surface area contributed by atoms with Crippen molar-refractivity contribution in [3.05, 3.63) is 54.4 Å². The fourth-order valence-corrected chi connectivity index (χ4v) is 2.10. The Morgan fingerprint density at radius 3 is 2.80 bits per heavy atom. The summed E-state index contributed by atoms with van der Waals surface area (Å²) in [6.07, 6.45) is 4.52. The van der Waals surface area contributed by atoms with Gasteiger partial charge in [-0.15, -0.1) is 0 Å². The summed E-state index contributed by atoms with van der Waals surface area (Å²) in [4.78, 5) is 12.6. The van der Waals surface area contributed by atoms with E-state index in [9.17, 15) is 0 Å². The summed E-state index contributed by atoms with van der Waals surface area (Å²) in [6.45, 7) is 0.770. The van der Waals surface area contributed by atoms with Gasteiger partial charge in [0.15, 0.2) is 0 Å². The molecule has 0 amide bonds. The number of anilines is 2. The van der Waals surface area contributed by atoms with Crippen LogP contribution in [0.5, 0.6) is 0 Å². The number of nitrogens with one attached hydrogen (secondary N) is 1. The van der Waals surface area contributed by atoms with Crippen LogP contribution in [0.2, 0.25) is 0 Å². The highest BCUT2D eigenvalue weighted by Gasteiger charge is 2.04. The maximum absolute atomic E-state index is 5.74. The van der Waals surface area contributed by atoms with Gasteiger partial charge in [0.05, 0.1) is 5.52 Å². The molecule has 0 fully saturated rings. The van der Waals surface area contributed by atoms with E-state index in [-0.39, 0.29) is 5.95 Å². The summed E-state index contributed by atoms with van der Waals surface area (Å²) in [5, 5.41) is 4.30. The molecular weight excluding hydrogens is 250 g/mol. The van der Waals surface area contributed by atoms with Gasteiger partial charge < -0.3 is 11.1 Å². The third kappa shape index (κ3) is 2.66. The predicted octanol–water partition coefficient (Wildman–Crippen LogP) is 2.26. The van der Waals surface area contributed by atoms with E-state index in [0.29, 0.717) is 0 Å². The highest BCUT2D eigenvalue weighted by molar-refractivity contribution is 5.89. The lowest BCUT2D eigenvalue weighted by Gasteiger charge is -2.09. The van der Waals surface area contributed by atoms with Crippen molar-refractivity contribution >= 4 is 22.7 Å². The summed E-state index contributed by atoms with van der Waals surface area (Å²) in [6, 6.07) is 11.8. The van der Waals surface area contributed by atoms with Gasteiger partial charge in [-0.05, 0) is 30.2 Å². The number of nitrogens with zero attached hydrogens (tertiary/aromatic N) is 3. The second-order valence-electron chi connectivity index (χ2n) is 4.49. The minimum absolute atomic E-state index is 0.285. The van der Waals surface area contributed by atoms with Crippen molar-refractivity contribution in [2.24, 2.45) is 0 Å². The van der Waals surface area contributed by atoms with E-state index in [1.54, 1.807) is 6.20 Å². The molecular formula is C15H15N5. The van der Waals surface area contributed by atoms with Crippen LogP contribution in [0.15, 0.2) is 48.8 Å². The molecule has 0 atom stereocenters. The van der Waals surface area contributed by atoms with Gasteiger partial charge in [-0.1, -0.05) is 18.2 Å². The van der Waals surface area contributed by atoms with Gasteiger partial charge in [-0.3, -0.25) is 4.98 Å². The number of benzene rings is 1. The molecule has 3 rings (SSSR count). The Morgan fingerprint density at radius 1 is 1.05 bits per heavy atom. The van der Waals surface area contributed by atoms with E-state index >= 15 is 0 Å². The van der Waals surface area contributed by atoms with Crippen LogP contribution in [0.25, 0.3) is 10.9 Å². The SMILES string of the molecule is Nc1nc(NCCc2cccnc2)c2ccccc2n1. The van der Waals surface area contributed by atoms with Crippen LogP contribution in [0.4, 0.5) is 11.8 Å². The first-order chi connectivity index (χ1) is 9.83. The van der Waals surface area contributed by atoms with Gasteiger partial charge in [-0.25, -0.2) is 4.98 Å². The number of aromatic nitrogens is 3. The second-order valence-corrected chi connectivity index (χ2v) is 4.49. The Kier molecular flexibility index (Phi) is 3.41. The van der Waals surface area contributed by atoms with Gasteiger partial charge in [0.1, 0.15) is 5.82 Å². The second kappa shape index (κ2) is 5.52. The maximum Gasteiger partial charge on any atom is 0.222 e. The van der Waals surface area contributed by atoms with E-state index in [4.69, 9.17) is 5.73 Å². The summed E-state index contributed by atoms with van der Waals surface area (Å²) < 4.78 is 0. The summed E-state index contributed by atoms with van der Waals surface area (Å²) in [5.41, 5.74) is 7.77. The Bertz CT molecular complexity index is 712. The Morgan fingerprint density at radius 2 is 1.95 bits per heavy atom. The number of fused-ring (bicyclic) bond motifs is 1. The zero-order valence-corrected chi connectivity index (χ0v) is 11.0. The first-order valence-corrected chi connectivity index (χ1v) is 6.48. The fourth-order valence-electron chi connectivity index (χ4n) is 2.10. The largest absolute Gasteiger partial charge is 0.369 e. The van der Waals surface area contributed by atoms with Crippen LogP contribution < -0.4 is 11.1 Å². The molecule has 0 spiro atoms. The van der Waals surface area contributed by atoms with Gasteiger partial charge >= 0.3 is 0 Å². The predicted molar refractivity (Wildman–Crippen MR) is 80.4 cm³/mol. The fraction of sp³-hybridized carbons (Fsp3) is 0.133. The maximum atomic E-state index is 5.74. The van der Waals surface area contributed by atoms with Gasteiger partial charge in [0.25, 0.3) is 0 Å². The van der Waals surface area contributed by atoms with Crippen LogP contribution >= 0.6 is 0 Å². The Labute approximate surface area is 116 Å². The van der Waals surface area contributed by atoms with Crippen LogP contribution in [-0.2, 0) is 6.42 Å². The third-order valence-corrected chi connectivity index (χ3v) is 3.05. The first-order valence-electron chi connectivity index (χ1n) is 6.48. The zero-order chi connectivity index (χ0) is 13.8. The molecule has 100 valence electrons. The number of para-hydroxylation sites is 1. The molecule has 0 aliphatic rings. The topological polar surface area (TPSA) is 76.7 Å². The minimum Gasteiger partial charge on any atom is -0.369 e. The molecule has 2 aromatic heterocycles. The molecule has 0 aliphatic heterocycles. The van der Waals surface area contributed by atoms with Crippen LogP contribution in [0.3, 0.4) is 0 Å². The minimum atomic E-state index is 0.285. The van der Waals surface area contributed by atoms with E-state index in [2.05, 4.69) is 26.3 Å². The van der Waals surface area contributed by atoms with Crippen molar-refractivity contribution in [2.75, 3.05) is 17.6 Å². The number of hydrogen-bond acceptors (Lipinski definition) is 5. The standard InChI is InChI=1S/C15H15N5/c16-15-19-13-6-2-1-5-12(13)14(20-15)18-9-7-11-4-3-8-17-10-11/h1-6,8,10H,7,9H2,(H3,16,18,19,20). The summed E-state index contributed by atoms with van der Waals surface area (Å²) in [7, 11) is 0. The lowest BCUT2D eigenvalue weighted by molar-refractivity contribution is 0.995. The molecule has 0 aliphatic carbocycles. The van der Waals surface area contributed by atoms with Crippen molar-refractivity contribution < 1.29 is 0 Å². The molecule has 0 unspecified atom stereocenters. The number of nitrogens with two attached hydrogens (primary N) is 1. The van der Waals surface area contributed by atoms with Crippen molar-refractivity contribution in [3.63, 3.8) is 0 Å². The van der Waals surface area contributed by atoms with Crippen LogP contribution in [0.1, 0.15) is 5.56 Å². The summed E-state index contributed by atoms with van der Waals surface area (Å²) >= 11 is 0. The van der Waals surface area contributed by atoms with Crippen LogP contribution in [0, 0.1) is 0 Å². The van der Waals surface area contributed by atoms with E-state index < -0.39 is 0 Å². The molecule has 2 heterocycles. The molecule has 20 heavy (non-hydrogen) atoms. The quantitative estimate of drug-likeness (QED) is 0.756. The van der Waals surface area contributed by atoms with E-state index in [1.165, 1.54) is 5.56 Å². The number of pyridine rings is 1. The molecule has 5 heteroatoms. The van der Waals surface area contributed by atoms with E-state index in [0.717, 1.165) is 29.7 Å². The normalized spacial score (nSPS) is 10.6. The van der Waals surface area contributed by atoms with Gasteiger partial charge in [-0.2, -0.15) is 4.98 Å². The molecule has 0 bridgehead atoms. The summed E-state index contributed by atoms with van der Waals surface area (Å²) in [5.74, 6) is 1.06. The van der Waals surface area contributed by atoms with E-state index in [1.807, 2.05) is 36.5 Å². The number of rotatable bonds is 4. The van der Waals surface area contributed by atoms with Crippen LogP contribution in [-0.4, -0.2) is 21.5 Å². The lowest BCUT2D eigenvalue weighted by Crippen LogP contribution is -2.08. The molecule has 0 radical (unpaired) electrons. The molecule has 5 nitrogen and oxygen atoms in total. The molecule has 1 aromatic carbocycles.